The van der Waals surface area contributed by atoms with Crippen LogP contribution in [0.3, 0.4) is 0 Å². The molecule has 0 aliphatic rings. The summed E-state index contributed by atoms with van der Waals surface area (Å²) in [5.41, 5.74) is 0. The Morgan fingerprint density at radius 2 is 0.559 bits per heavy atom. The van der Waals surface area contributed by atoms with Gasteiger partial charge in [-0.1, -0.05) is 259 Å². The van der Waals surface area contributed by atoms with Crippen molar-refractivity contribution < 1.29 is 28.6 Å². The van der Waals surface area contributed by atoms with Crippen LogP contribution in [0.2, 0.25) is 0 Å². The maximum Gasteiger partial charge on any atom is 0.306 e. The molecule has 0 saturated heterocycles. The lowest BCUT2D eigenvalue weighted by molar-refractivity contribution is -0.167. The van der Waals surface area contributed by atoms with Gasteiger partial charge in [0.15, 0.2) is 6.10 Å². The zero-order valence-corrected chi connectivity index (χ0v) is 40.2. The Bertz CT molecular complexity index is 887. The van der Waals surface area contributed by atoms with Gasteiger partial charge in [-0.2, -0.15) is 0 Å². The Hall–Kier alpha value is -1.59. The predicted molar refractivity (Wildman–Crippen MR) is 252 cm³/mol. The van der Waals surface area contributed by atoms with Crippen LogP contribution in [-0.2, 0) is 28.6 Å². The molecule has 1 atom stereocenters. The molecule has 0 aromatic heterocycles. The fourth-order valence-corrected chi connectivity index (χ4v) is 8.04. The van der Waals surface area contributed by atoms with Crippen molar-refractivity contribution in [3.8, 4) is 0 Å². The number of rotatable bonds is 48. The lowest BCUT2D eigenvalue weighted by atomic mass is 10.0. The van der Waals surface area contributed by atoms with E-state index < -0.39 is 6.10 Å². The third-order valence-corrected chi connectivity index (χ3v) is 12.0. The first-order valence-corrected chi connectivity index (χ1v) is 26.4. The summed E-state index contributed by atoms with van der Waals surface area (Å²) in [6, 6.07) is 0. The highest BCUT2D eigenvalue weighted by atomic mass is 16.6. The van der Waals surface area contributed by atoms with E-state index in [1.807, 2.05) is 0 Å². The SMILES string of the molecule is CCCCCCCCCCCCCC(=O)OC[C@H](COC(=O)CCCCCCCCCCC)OC(=O)CCCCCCCCCCCCCCCCCCCCC(C)C. The quantitative estimate of drug-likeness (QED) is 0.0345. The zero-order valence-electron chi connectivity index (χ0n) is 40.2. The van der Waals surface area contributed by atoms with Crippen LogP contribution >= 0.6 is 0 Å². The molecular weight excluding hydrogens is 733 g/mol. The van der Waals surface area contributed by atoms with Crippen molar-refractivity contribution in [1.29, 1.82) is 0 Å². The molecule has 6 nitrogen and oxygen atoms in total. The molecule has 0 aliphatic heterocycles. The molecule has 0 radical (unpaired) electrons. The van der Waals surface area contributed by atoms with E-state index in [4.69, 9.17) is 14.2 Å². The molecule has 0 spiro atoms. The monoisotopic (exact) mass is 835 g/mol. The fourth-order valence-electron chi connectivity index (χ4n) is 8.04. The highest BCUT2D eigenvalue weighted by molar-refractivity contribution is 5.71. The minimum absolute atomic E-state index is 0.0628. The third-order valence-electron chi connectivity index (χ3n) is 12.0. The average molecular weight is 835 g/mol. The van der Waals surface area contributed by atoms with E-state index in [0.717, 1.165) is 63.7 Å². The highest BCUT2D eigenvalue weighted by Gasteiger charge is 2.19. The van der Waals surface area contributed by atoms with E-state index in [0.29, 0.717) is 19.3 Å². The molecule has 0 unspecified atom stereocenters. The Balaban J connectivity index is 4.18. The van der Waals surface area contributed by atoms with Gasteiger partial charge in [-0.25, -0.2) is 0 Å². The van der Waals surface area contributed by atoms with E-state index >= 15 is 0 Å². The topological polar surface area (TPSA) is 78.9 Å². The first-order chi connectivity index (χ1) is 28.9. The van der Waals surface area contributed by atoms with Gasteiger partial charge >= 0.3 is 17.9 Å². The first-order valence-electron chi connectivity index (χ1n) is 26.4. The molecule has 0 heterocycles. The van der Waals surface area contributed by atoms with Crippen LogP contribution in [0, 0.1) is 5.92 Å². The van der Waals surface area contributed by atoms with Gasteiger partial charge in [0.05, 0.1) is 0 Å². The van der Waals surface area contributed by atoms with Gasteiger partial charge < -0.3 is 14.2 Å². The molecular formula is C53H102O6. The third kappa shape index (κ3) is 47.3. The molecule has 0 saturated carbocycles. The van der Waals surface area contributed by atoms with E-state index in [1.165, 1.54) is 193 Å². The molecule has 350 valence electrons. The number of esters is 3. The Kier molecular flexibility index (Phi) is 46.2. The fraction of sp³-hybridized carbons (Fsp3) is 0.943. The van der Waals surface area contributed by atoms with Gasteiger partial charge in [0.2, 0.25) is 0 Å². The molecule has 0 fully saturated rings. The Morgan fingerprint density at radius 1 is 0.322 bits per heavy atom. The van der Waals surface area contributed by atoms with E-state index in [2.05, 4.69) is 27.7 Å². The minimum atomic E-state index is -0.759. The maximum atomic E-state index is 12.8. The molecule has 0 bridgehead atoms. The van der Waals surface area contributed by atoms with Crippen molar-refractivity contribution in [2.24, 2.45) is 5.92 Å². The molecule has 59 heavy (non-hydrogen) atoms. The Morgan fingerprint density at radius 3 is 0.831 bits per heavy atom. The molecule has 0 amide bonds. The summed E-state index contributed by atoms with van der Waals surface area (Å²) in [7, 11) is 0. The molecule has 0 rings (SSSR count). The van der Waals surface area contributed by atoms with E-state index in [1.54, 1.807) is 0 Å². The highest BCUT2D eigenvalue weighted by Crippen LogP contribution is 2.17. The largest absolute Gasteiger partial charge is 0.462 e. The van der Waals surface area contributed by atoms with Crippen LogP contribution in [-0.4, -0.2) is 37.2 Å². The van der Waals surface area contributed by atoms with Gasteiger partial charge in [-0.05, 0) is 25.2 Å². The molecule has 0 aliphatic carbocycles. The summed E-state index contributed by atoms with van der Waals surface area (Å²) in [6.45, 7) is 9.02. The van der Waals surface area contributed by atoms with Crippen LogP contribution < -0.4 is 0 Å². The number of unbranched alkanes of at least 4 members (excludes halogenated alkanes) is 35. The van der Waals surface area contributed by atoms with Crippen LogP contribution in [0.25, 0.3) is 0 Å². The summed E-state index contributed by atoms with van der Waals surface area (Å²) in [6.07, 6.45) is 49.5. The molecule has 6 heteroatoms. The second kappa shape index (κ2) is 47.5. The lowest BCUT2D eigenvalue weighted by Crippen LogP contribution is -2.30. The standard InChI is InChI=1S/C53H102O6/c1-5-7-9-11-13-15-24-29-33-37-41-45-52(55)58-48-50(47-57-51(54)44-40-36-32-27-14-12-10-8-6-2)59-53(56)46-42-38-34-30-26-23-21-19-17-16-18-20-22-25-28-31-35-39-43-49(3)4/h49-50H,5-48H2,1-4H3/t50-/m0/s1. The molecule has 0 N–H and O–H groups in total. The van der Waals surface area contributed by atoms with Crippen LogP contribution in [0.5, 0.6) is 0 Å². The minimum Gasteiger partial charge on any atom is -0.462 e. The summed E-state index contributed by atoms with van der Waals surface area (Å²) in [5, 5.41) is 0. The lowest BCUT2D eigenvalue weighted by Gasteiger charge is -2.18. The van der Waals surface area contributed by atoms with Crippen LogP contribution in [0.15, 0.2) is 0 Å². The number of ether oxygens (including phenoxy) is 3. The van der Waals surface area contributed by atoms with E-state index in [9.17, 15) is 14.4 Å². The van der Waals surface area contributed by atoms with Crippen LogP contribution in [0.1, 0.15) is 297 Å². The average Bonchev–Trinajstić information content (AvgIpc) is 3.22. The van der Waals surface area contributed by atoms with Crippen molar-refractivity contribution in [1.82, 2.24) is 0 Å². The van der Waals surface area contributed by atoms with Crippen molar-refractivity contribution in [3.63, 3.8) is 0 Å². The van der Waals surface area contributed by atoms with Gasteiger partial charge in [-0.3, -0.25) is 14.4 Å². The normalized spacial score (nSPS) is 11.9. The van der Waals surface area contributed by atoms with Crippen molar-refractivity contribution in [2.45, 2.75) is 303 Å². The number of carbonyl (C=O) groups excluding carboxylic acids is 3. The molecule has 0 aromatic carbocycles. The number of hydrogen-bond donors (Lipinski definition) is 0. The summed E-state index contributed by atoms with van der Waals surface area (Å²) in [5.74, 6) is 0.0114. The predicted octanol–water partition coefficient (Wildman–Crippen LogP) is 17.1. The molecule has 0 aromatic rings. The second-order valence-corrected chi connectivity index (χ2v) is 18.6. The number of hydrogen-bond acceptors (Lipinski definition) is 6. The van der Waals surface area contributed by atoms with Crippen LogP contribution in [0.4, 0.5) is 0 Å². The Labute approximate surface area is 368 Å². The smallest absolute Gasteiger partial charge is 0.306 e. The van der Waals surface area contributed by atoms with Crippen molar-refractivity contribution in [3.05, 3.63) is 0 Å². The van der Waals surface area contributed by atoms with Gasteiger partial charge in [0, 0.05) is 19.3 Å². The first kappa shape index (κ1) is 57.4. The van der Waals surface area contributed by atoms with E-state index in [-0.39, 0.29) is 31.1 Å². The van der Waals surface area contributed by atoms with Crippen molar-refractivity contribution >= 4 is 17.9 Å². The summed E-state index contributed by atoms with van der Waals surface area (Å²) < 4.78 is 16.8. The number of carbonyl (C=O) groups is 3. The van der Waals surface area contributed by atoms with Gasteiger partial charge in [-0.15, -0.1) is 0 Å². The van der Waals surface area contributed by atoms with Gasteiger partial charge in [0.1, 0.15) is 13.2 Å². The zero-order chi connectivity index (χ0) is 43.1. The second-order valence-electron chi connectivity index (χ2n) is 18.6. The van der Waals surface area contributed by atoms with Gasteiger partial charge in [0.25, 0.3) is 0 Å². The van der Waals surface area contributed by atoms with Crippen molar-refractivity contribution in [2.75, 3.05) is 13.2 Å². The summed E-state index contributed by atoms with van der Waals surface area (Å²) in [4.78, 5) is 37.8. The maximum absolute atomic E-state index is 12.8. The summed E-state index contributed by atoms with van der Waals surface area (Å²) >= 11 is 0.